The molecule has 2 rings (SSSR count). The number of hydrogen-bond donors (Lipinski definition) is 1. The number of aromatic nitrogens is 1. The third-order valence-electron chi connectivity index (χ3n) is 3.68. The monoisotopic (exact) mass is 281 g/mol. The molecular weight excluding hydrogens is 254 g/mol. The number of rotatable bonds is 8. The van der Waals surface area contributed by atoms with Crippen LogP contribution in [0.3, 0.4) is 0 Å². The molecule has 1 aliphatic rings. The lowest BCUT2D eigenvalue weighted by Crippen LogP contribution is -2.29. The number of nitrogens with zero attached hydrogens (tertiary/aromatic N) is 2. The van der Waals surface area contributed by atoms with Crippen molar-refractivity contribution in [3.05, 3.63) is 17.5 Å². The Morgan fingerprint density at radius 1 is 1.40 bits per heavy atom. The molecule has 0 atom stereocenters. The van der Waals surface area contributed by atoms with Crippen LogP contribution in [0.15, 0.2) is 10.6 Å². The zero-order chi connectivity index (χ0) is 14.2. The Morgan fingerprint density at radius 2 is 2.20 bits per heavy atom. The summed E-state index contributed by atoms with van der Waals surface area (Å²) in [6.07, 6.45) is 3.48. The standard InChI is InChI=1S/C15H27N3O2/c1-3-6-16-10-14-9-15(20-17-14)12-18(2)11-13-4-7-19-8-5-13/h9,13,16H,3-8,10-12H2,1-2H3. The summed E-state index contributed by atoms with van der Waals surface area (Å²) in [5, 5.41) is 7.44. The lowest BCUT2D eigenvalue weighted by molar-refractivity contribution is 0.0540. The first-order valence-corrected chi connectivity index (χ1v) is 7.69. The van der Waals surface area contributed by atoms with Gasteiger partial charge in [0.15, 0.2) is 5.76 Å². The van der Waals surface area contributed by atoms with Gasteiger partial charge in [-0.2, -0.15) is 0 Å². The molecule has 0 radical (unpaired) electrons. The molecule has 1 aliphatic heterocycles. The number of ether oxygens (including phenoxy) is 1. The van der Waals surface area contributed by atoms with E-state index in [1.54, 1.807) is 0 Å². The summed E-state index contributed by atoms with van der Waals surface area (Å²) in [5.74, 6) is 1.70. The van der Waals surface area contributed by atoms with Gasteiger partial charge in [0.1, 0.15) is 0 Å². The van der Waals surface area contributed by atoms with Crippen molar-refractivity contribution < 1.29 is 9.26 Å². The van der Waals surface area contributed by atoms with E-state index in [1.165, 1.54) is 12.8 Å². The molecule has 1 N–H and O–H groups in total. The van der Waals surface area contributed by atoms with Crippen LogP contribution in [0.2, 0.25) is 0 Å². The summed E-state index contributed by atoms with van der Waals surface area (Å²) in [6.45, 7) is 7.73. The average Bonchev–Trinajstić information content (AvgIpc) is 2.87. The highest BCUT2D eigenvalue weighted by atomic mass is 16.5. The third kappa shape index (κ3) is 5.23. The predicted octanol–water partition coefficient (Wildman–Crippen LogP) is 2.03. The smallest absolute Gasteiger partial charge is 0.151 e. The van der Waals surface area contributed by atoms with Gasteiger partial charge in [0.2, 0.25) is 0 Å². The Labute approximate surface area is 121 Å². The van der Waals surface area contributed by atoms with E-state index in [2.05, 4.69) is 35.4 Å². The van der Waals surface area contributed by atoms with Crippen molar-refractivity contribution in [3.8, 4) is 0 Å². The molecule has 1 fully saturated rings. The largest absolute Gasteiger partial charge is 0.381 e. The summed E-state index contributed by atoms with van der Waals surface area (Å²) in [7, 11) is 2.15. The van der Waals surface area contributed by atoms with E-state index in [0.29, 0.717) is 0 Å². The molecule has 0 aliphatic carbocycles. The topological polar surface area (TPSA) is 50.5 Å². The summed E-state index contributed by atoms with van der Waals surface area (Å²) in [4.78, 5) is 2.32. The summed E-state index contributed by atoms with van der Waals surface area (Å²) in [5.41, 5.74) is 0.993. The predicted molar refractivity (Wildman–Crippen MR) is 78.4 cm³/mol. The Bertz CT molecular complexity index is 375. The van der Waals surface area contributed by atoms with E-state index < -0.39 is 0 Å². The van der Waals surface area contributed by atoms with Crippen molar-refractivity contribution in [2.24, 2.45) is 5.92 Å². The molecule has 0 spiro atoms. The molecule has 0 saturated carbocycles. The van der Waals surface area contributed by atoms with Gasteiger partial charge in [-0.25, -0.2) is 0 Å². The van der Waals surface area contributed by atoms with E-state index in [0.717, 1.165) is 63.2 Å². The van der Waals surface area contributed by atoms with Gasteiger partial charge in [0, 0.05) is 32.4 Å². The van der Waals surface area contributed by atoms with E-state index in [4.69, 9.17) is 9.26 Å². The maximum Gasteiger partial charge on any atom is 0.151 e. The van der Waals surface area contributed by atoms with Crippen LogP contribution in [0.5, 0.6) is 0 Å². The Balaban J connectivity index is 1.71. The van der Waals surface area contributed by atoms with Crippen molar-refractivity contribution in [2.75, 3.05) is 33.4 Å². The second-order valence-electron chi connectivity index (χ2n) is 5.71. The highest BCUT2D eigenvalue weighted by molar-refractivity contribution is 5.05. The van der Waals surface area contributed by atoms with Crippen LogP contribution < -0.4 is 5.32 Å². The van der Waals surface area contributed by atoms with Gasteiger partial charge in [0.25, 0.3) is 0 Å². The second kappa shape index (κ2) is 8.39. The van der Waals surface area contributed by atoms with Crippen LogP contribution in [-0.4, -0.2) is 43.4 Å². The third-order valence-corrected chi connectivity index (χ3v) is 3.68. The molecule has 0 bridgehead atoms. The van der Waals surface area contributed by atoms with Gasteiger partial charge in [-0.05, 0) is 38.8 Å². The highest BCUT2D eigenvalue weighted by Crippen LogP contribution is 2.16. The molecule has 1 aromatic heterocycles. The summed E-state index contributed by atoms with van der Waals surface area (Å²) < 4.78 is 10.8. The fourth-order valence-electron chi connectivity index (χ4n) is 2.61. The first-order valence-electron chi connectivity index (χ1n) is 7.69. The minimum atomic E-state index is 0.752. The molecule has 114 valence electrons. The molecular formula is C15H27N3O2. The maximum absolute atomic E-state index is 5.40. The van der Waals surface area contributed by atoms with Crippen LogP contribution in [0.1, 0.15) is 37.6 Å². The fourth-order valence-corrected chi connectivity index (χ4v) is 2.61. The SMILES string of the molecule is CCCNCc1cc(CN(C)CC2CCOCC2)on1. The number of hydrogen-bond acceptors (Lipinski definition) is 5. The molecule has 2 heterocycles. The zero-order valence-corrected chi connectivity index (χ0v) is 12.7. The van der Waals surface area contributed by atoms with Crippen LogP contribution >= 0.6 is 0 Å². The molecule has 1 aromatic rings. The minimum Gasteiger partial charge on any atom is -0.381 e. The fraction of sp³-hybridized carbons (Fsp3) is 0.800. The maximum atomic E-state index is 5.40. The summed E-state index contributed by atoms with van der Waals surface area (Å²) in [6, 6.07) is 2.06. The van der Waals surface area contributed by atoms with Crippen LogP contribution in [0, 0.1) is 5.92 Å². The van der Waals surface area contributed by atoms with Crippen molar-refractivity contribution in [3.63, 3.8) is 0 Å². The summed E-state index contributed by atoms with van der Waals surface area (Å²) >= 11 is 0. The molecule has 0 amide bonds. The quantitative estimate of drug-likeness (QED) is 0.739. The van der Waals surface area contributed by atoms with Gasteiger partial charge in [-0.1, -0.05) is 12.1 Å². The van der Waals surface area contributed by atoms with Crippen LogP contribution in [0.25, 0.3) is 0 Å². The molecule has 5 nitrogen and oxygen atoms in total. The molecule has 0 aromatic carbocycles. The number of nitrogens with one attached hydrogen (secondary N) is 1. The molecule has 20 heavy (non-hydrogen) atoms. The molecule has 0 unspecified atom stereocenters. The highest BCUT2D eigenvalue weighted by Gasteiger charge is 2.16. The Hall–Kier alpha value is -0.910. The van der Waals surface area contributed by atoms with Crippen molar-refractivity contribution in [1.29, 1.82) is 0 Å². The lowest BCUT2D eigenvalue weighted by atomic mass is 10.00. The van der Waals surface area contributed by atoms with E-state index >= 15 is 0 Å². The van der Waals surface area contributed by atoms with E-state index in [9.17, 15) is 0 Å². The van der Waals surface area contributed by atoms with Gasteiger partial charge >= 0.3 is 0 Å². The van der Waals surface area contributed by atoms with Crippen molar-refractivity contribution in [2.45, 2.75) is 39.3 Å². The Morgan fingerprint density at radius 3 is 2.95 bits per heavy atom. The molecule has 1 saturated heterocycles. The van der Waals surface area contributed by atoms with Gasteiger partial charge in [0.05, 0.1) is 12.2 Å². The van der Waals surface area contributed by atoms with Crippen molar-refractivity contribution in [1.82, 2.24) is 15.4 Å². The lowest BCUT2D eigenvalue weighted by Gasteiger charge is -2.26. The Kier molecular flexibility index (Phi) is 6.50. The van der Waals surface area contributed by atoms with E-state index in [-0.39, 0.29) is 0 Å². The van der Waals surface area contributed by atoms with Gasteiger partial charge < -0.3 is 14.6 Å². The van der Waals surface area contributed by atoms with Gasteiger partial charge in [-0.3, -0.25) is 4.90 Å². The van der Waals surface area contributed by atoms with E-state index in [1.807, 2.05) is 0 Å². The first-order chi connectivity index (χ1) is 9.78. The zero-order valence-electron chi connectivity index (χ0n) is 12.7. The van der Waals surface area contributed by atoms with Crippen LogP contribution in [-0.2, 0) is 17.8 Å². The average molecular weight is 281 g/mol. The first kappa shape index (κ1) is 15.5. The van der Waals surface area contributed by atoms with Crippen molar-refractivity contribution >= 4 is 0 Å². The normalized spacial score (nSPS) is 16.9. The molecule has 5 heteroatoms. The van der Waals surface area contributed by atoms with Crippen LogP contribution in [0.4, 0.5) is 0 Å². The van der Waals surface area contributed by atoms with Gasteiger partial charge in [-0.15, -0.1) is 0 Å². The minimum absolute atomic E-state index is 0.752. The second-order valence-corrected chi connectivity index (χ2v) is 5.71.